The molecule has 2 rings (SSSR count). The summed E-state index contributed by atoms with van der Waals surface area (Å²) in [6.07, 6.45) is -1.66. The van der Waals surface area contributed by atoms with Gasteiger partial charge in [0.15, 0.2) is 18.7 Å². The third-order valence-corrected chi connectivity index (χ3v) is 3.45. The maximum Gasteiger partial charge on any atom is 0.304 e. The number of benzene rings is 2. The molecule has 0 aliphatic carbocycles. The Hall–Kier alpha value is -2.86. The van der Waals surface area contributed by atoms with Crippen LogP contribution < -0.4 is 9.47 Å². The lowest BCUT2D eigenvalue weighted by Gasteiger charge is -2.26. The van der Waals surface area contributed by atoms with Crippen LogP contribution in [0.15, 0.2) is 60.7 Å². The summed E-state index contributed by atoms with van der Waals surface area (Å²) in [6, 6.07) is 18.1. The molecule has 0 fully saturated rings. The summed E-state index contributed by atoms with van der Waals surface area (Å²) < 4.78 is 21.9. The smallest absolute Gasteiger partial charge is 0.304 e. The van der Waals surface area contributed by atoms with Gasteiger partial charge in [0, 0.05) is 6.92 Å². The highest BCUT2D eigenvalue weighted by molar-refractivity contribution is 5.81. The maximum absolute atomic E-state index is 12.1. The third kappa shape index (κ3) is 6.57. The van der Waals surface area contributed by atoms with E-state index in [-0.39, 0.29) is 19.2 Å². The summed E-state index contributed by atoms with van der Waals surface area (Å²) in [5.41, 5.74) is 0. The number of ether oxygens (including phenoxy) is 4. The Morgan fingerprint density at radius 3 is 2.00 bits per heavy atom. The zero-order valence-corrected chi connectivity index (χ0v) is 14.8. The summed E-state index contributed by atoms with van der Waals surface area (Å²) in [5, 5.41) is 0. The Balaban J connectivity index is 2.09. The van der Waals surface area contributed by atoms with Crippen LogP contribution in [0.5, 0.6) is 11.5 Å². The first kappa shape index (κ1) is 19.5. The Bertz CT molecular complexity index is 686. The lowest BCUT2D eigenvalue weighted by molar-refractivity contribution is -0.167. The van der Waals surface area contributed by atoms with Gasteiger partial charge in [-0.3, -0.25) is 9.59 Å². The Morgan fingerprint density at radius 2 is 1.46 bits per heavy atom. The number of hydrogen-bond donors (Lipinski definition) is 0. The predicted molar refractivity (Wildman–Crippen MR) is 95.0 cm³/mol. The van der Waals surface area contributed by atoms with E-state index in [2.05, 4.69) is 0 Å². The maximum atomic E-state index is 12.1. The summed E-state index contributed by atoms with van der Waals surface area (Å²) in [5.74, 6) is 0.471. The average molecular weight is 358 g/mol. The van der Waals surface area contributed by atoms with E-state index >= 15 is 0 Å². The van der Waals surface area contributed by atoms with Gasteiger partial charge in [0.1, 0.15) is 24.2 Å². The van der Waals surface area contributed by atoms with Gasteiger partial charge in [0.25, 0.3) is 0 Å². The Morgan fingerprint density at radius 1 is 0.885 bits per heavy atom. The van der Waals surface area contributed by atoms with Crippen LogP contribution in [0.4, 0.5) is 0 Å². The molecule has 0 radical (unpaired) electrons. The summed E-state index contributed by atoms with van der Waals surface area (Å²) in [4.78, 5) is 23.1. The van der Waals surface area contributed by atoms with Gasteiger partial charge < -0.3 is 18.9 Å². The van der Waals surface area contributed by atoms with Gasteiger partial charge in [-0.05, 0) is 31.2 Å². The van der Waals surface area contributed by atoms with Gasteiger partial charge in [-0.1, -0.05) is 36.4 Å². The molecule has 0 saturated carbocycles. The number of Topliss-reactive ketones (excluding diaryl/α,β-unsaturated/α-hetero) is 1. The molecule has 0 aliphatic rings. The molecule has 6 nitrogen and oxygen atoms in total. The van der Waals surface area contributed by atoms with Crippen LogP contribution in [0.25, 0.3) is 0 Å². The van der Waals surface area contributed by atoms with Crippen molar-refractivity contribution in [2.45, 2.75) is 26.1 Å². The van der Waals surface area contributed by atoms with E-state index in [1.165, 1.54) is 13.8 Å². The van der Waals surface area contributed by atoms with E-state index in [0.29, 0.717) is 11.5 Å². The molecule has 0 aliphatic heterocycles. The monoisotopic (exact) mass is 358 g/mol. The van der Waals surface area contributed by atoms with Gasteiger partial charge in [-0.2, -0.15) is 0 Å². The quantitative estimate of drug-likeness (QED) is 0.480. The molecule has 0 spiro atoms. The highest BCUT2D eigenvalue weighted by atomic mass is 16.7. The highest BCUT2D eigenvalue weighted by Gasteiger charge is 2.30. The molecule has 2 aromatic carbocycles. The van der Waals surface area contributed by atoms with Crippen molar-refractivity contribution in [3.63, 3.8) is 0 Å². The fourth-order valence-corrected chi connectivity index (χ4v) is 2.19. The molecule has 0 aromatic heterocycles. The number of carbonyl (C=O) groups excluding carboxylic acids is 2. The topological polar surface area (TPSA) is 71.1 Å². The summed E-state index contributed by atoms with van der Waals surface area (Å²) >= 11 is 0. The second-order valence-electron chi connectivity index (χ2n) is 5.55. The standard InChI is InChI=1S/C20H22O6/c1-15(21)20(26-18-11-7-4-8-12-18)19(25-14-24-16(2)22)13-23-17-9-5-3-6-10-17/h3-12,19-20H,13-14H2,1-2H3. The zero-order valence-electron chi connectivity index (χ0n) is 14.8. The lowest BCUT2D eigenvalue weighted by atomic mass is 10.1. The Labute approximate surface area is 152 Å². The number of hydrogen-bond acceptors (Lipinski definition) is 6. The fourth-order valence-electron chi connectivity index (χ4n) is 2.19. The first-order valence-corrected chi connectivity index (χ1v) is 8.21. The number of para-hydroxylation sites is 2. The van der Waals surface area contributed by atoms with Crippen molar-refractivity contribution in [3.05, 3.63) is 60.7 Å². The van der Waals surface area contributed by atoms with E-state index in [9.17, 15) is 9.59 Å². The molecule has 0 saturated heterocycles. The van der Waals surface area contributed by atoms with Crippen molar-refractivity contribution in [3.8, 4) is 11.5 Å². The summed E-state index contributed by atoms with van der Waals surface area (Å²) in [6.45, 7) is 2.46. The van der Waals surface area contributed by atoms with Crippen LogP contribution in [0.3, 0.4) is 0 Å². The molecule has 6 heteroatoms. The van der Waals surface area contributed by atoms with Crippen molar-refractivity contribution in [1.29, 1.82) is 0 Å². The van der Waals surface area contributed by atoms with E-state index in [0.717, 1.165) is 0 Å². The summed E-state index contributed by atoms with van der Waals surface area (Å²) in [7, 11) is 0. The van der Waals surface area contributed by atoms with E-state index < -0.39 is 18.2 Å². The van der Waals surface area contributed by atoms with Crippen molar-refractivity contribution >= 4 is 11.8 Å². The molecule has 0 amide bonds. The second kappa shape index (κ2) is 10.2. The second-order valence-corrected chi connectivity index (χ2v) is 5.55. The van der Waals surface area contributed by atoms with Gasteiger partial charge in [-0.15, -0.1) is 0 Å². The molecule has 2 unspecified atom stereocenters. The van der Waals surface area contributed by atoms with Crippen molar-refractivity contribution in [2.24, 2.45) is 0 Å². The largest absolute Gasteiger partial charge is 0.491 e. The highest BCUT2D eigenvalue weighted by Crippen LogP contribution is 2.17. The third-order valence-electron chi connectivity index (χ3n) is 3.45. The van der Waals surface area contributed by atoms with Crippen LogP contribution in [-0.2, 0) is 19.1 Å². The van der Waals surface area contributed by atoms with Gasteiger partial charge in [0.2, 0.25) is 0 Å². The first-order chi connectivity index (χ1) is 12.6. The first-order valence-electron chi connectivity index (χ1n) is 8.21. The van der Waals surface area contributed by atoms with Crippen molar-refractivity contribution < 1.29 is 28.5 Å². The van der Waals surface area contributed by atoms with E-state index in [1.54, 1.807) is 24.3 Å². The molecule has 0 bridgehead atoms. The molecule has 2 atom stereocenters. The number of ketones is 1. The number of carbonyl (C=O) groups is 2. The van der Waals surface area contributed by atoms with Crippen LogP contribution in [0.1, 0.15) is 13.8 Å². The van der Waals surface area contributed by atoms with Crippen LogP contribution >= 0.6 is 0 Å². The average Bonchev–Trinajstić information content (AvgIpc) is 2.64. The lowest BCUT2D eigenvalue weighted by Crippen LogP contribution is -2.43. The van der Waals surface area contributed by atoms with Gasteiger partial charge in [0.05, 0.1) is 0 Å². The molecule has 0 heterocycles. The molecule has 0 N–H and O–H groups in total. The van der Waals surface area contributed by atoms with E-state index in [4.69, 9.17) is 18.9 Å². The van der Waals surface area contributed by atoms with E-state index in [1.807, 2.05) is 36.4 Å². The van der Waals surface area contributed by atoms with Crippen LogP contribution in [0, 0.1) is 0 Å². The molecule has 2 aromatic rings. The molecule has 138 valence electrons. The molecule has 26 heavy (non-hydrogen) atoms. The SMILES string of the molecule is CC(=O)OCOC(COc1ccccc1)C(Oc1ccccc1)C(C)=O. The minimum atomic E-state index is -0.906. The molecular formula is C20H22O6. The minimum absolute atomic E-state index is 0.0579. The van der Waals surface area contributed by atoms with Crippen LogP contribution in [-0.4, -0.2) is 37.4 Å². The van der Waals surface area contributed by atoms with Crippen molar-refractivity contribution in [1.82, 2.24) is 0 Å². The van der Waals surface area contributed by atoms with Crippen molar-refractivity contribution in [2.75, 3.05) is 13.4 Å². The normalized spacial score (nSPS) is 12.7. The predicted octanol–water partition coefficient (Wildman–Crippen LogP) is 3.01. The Kier molecular flexibility index (Phi) is 7.64. The van der Waals surface area contributed by atoms with Crippen LogP contribution in [0.2, 0.25) is 0 Å². The minimum Gasteiger partial charge on any atom is -0.491 e. The van der Waals surface area contributed by atoms with Gasteiger partial charge in [-0.25, -0.2) is 0 Å². The zero-order chi connectivity index (χ0) is 18.8. The molecular weight excluding hydrogens is 336 g/mol. The number of esters is 1. The number of rotatable bonds is 10. The fraction of sp³-hybridized carbons (Fsp3) is 0.300. The van der Waals surface area contributed by atoms with Gasteiger partial charge >= 0.3 is 5.97 Å².